The number of aliphatic carboxylic acids is 1. The summed E-state index contributed by atoms with van der Waals surface area (Å²) in [6, 6.07) is 0. The fraction of sp³-hybridized carbons (Fsp3) is 0.637. The van der Waals surface area contributed by atoms with Crippen molar-refractivity contribution in [2.75, 3.05) is 47.5 Å². The molecule has 0 aliphatic carbocycles. The molecule has 0 bridgehead atoms. The summed E-state index contributed by atoms with van der Waals surface area (Å²) in [4.78, 5) is 37.6. The van der Waals surface area contributed by atoms with Crippen LogP contribution in [0.3, 0.4) is 0 Å². The van der Waals surface area contributed by atoms with E-state index in [0.717, 1.165) is 122 Å². The minimum absolute atomic E-state index is 0.174. The zero-order valence-corrected chi connectivity index (χ0v) is 57.5. The van der Waals surface area contributed by atoms with Crippen LogP contribution in [-0.2, 0) is 33.3 Å². The Kier molecular flexibility index (Phi) is 64.9. The highest BCUT2D eigenvalue weighted by Gasteiger charge is 2.25. The summed E-state index contributed by atoms with van der Waals surface area (Å²) >= 11 is 0. The molecule has 0 aromatic heterocycles. The number of unbranched alkanes of at least 4 members (excludes halogenated alkanes) is 23. The Morgan fingerprint density at radius 2 is 0.607 bits per heavy atom. The standard InChI is InChI=1S/C80H131NO8/c1-6-8-10-12-14-16-18-20-22-24-26-28-30-32-34-36-38-39-41-42-44-46-48-50-52-54-56-58-60-62-64-66-68-70-77(82)87-74-76(75-88-80(79(84)85)86-73-72-81(3,4)5)89-78(83)71-69-67-65-63-61-59-57-55-53-51-49-47-45-43-40-37-35-33-31-29-27-25-23-21-19-17-15-13-11-9-7-2/h8-11,14-17,20-23,26-29,33,35,40,43,47,49,53,55,59,61,76,80H,6-7,12-13,18-19,24-25,30-32,34,36-39,41-42,44-46,48,50-52,54,56-58,60,62-75H2,1-5H3/p+1/b10-8-,11-9-,16-14-,17-15-,22-20-,23-21-,28-26-,29-27-,35-33-,43-40-,49-47-,55-53-,61-59-. The number of ether oxygens (including phenoxy) is 4. The van der Waals surface area contributed by atoms with Gasteiger partial charge in [-0.1, -0.05) is 294 Å². The normalized spacial score (nSPS) is 13.7. The second kappa shape index (κ2) is 68.8. The van der Waals surface area contributed by atoms with E-state index in [4.69, 9.17) is 18.9 Å². The van der Waals surface area contributed by atoms with Crippen LogP contribution in [-0.4, -0.2) is 87.4 Å². The second-order valence-corrected chi connectivity index (χ2v) is 24.4. The molecule has 2 atom stereocenters. The molecule has 0 aliphatic heterocycles. The summed E-state index contributed by atoms with van der Waals surface area (Å²) in [6.07, 6.45) is 99.3. The molecule has 89 heavy (non-hydrogen) atoms. The van der Waals surface area contributed by atoms with Crippen LogP contribution in [0.15, 0.2) is 158 Å². The molecular formula is C80H132NO8+. The van der Waals surface area contributed by atoms with Crippen molar-refractivity contribution < 1.29 is 42.9 Å². The van der Waals surface area contributed by atoms with Gasteiger partial charge in [0.05, 0.1) is 34.4 Å². The van der Waals surface area contributed by atoms with Gasteiger partial charge in [-0.15, -0.1) is 0 Å². The molecule has 0 saturated carbocycles. The van der Waals surface area contributed by atoms with Crippen LogP contribution in [0.1, 0.15) is 271 Å². The van der Waals surface area contributed by atoms with Crippen LogP contribution in [0.4, 0.5) is 0 Å². The summed E-state index contributed by atoms with van der Waals surface area (Å²) in [5, 5.41) is 9.75. The maximum Gasteiger partial charge on any atom is 0.361 e. The van der Waals surface area contributed by atoms with Gasteiger partial charge in [0.25, 0.3) is 6.29 Å². The van der Waals surface area contributed by atoms with E-state index in [1.807, 2.05) is 21.1 Å². The first-order valence-corrected chi connectivity index (χ1v) is 35.6. The Hall–Kier alpha value is -5.09. The Morgan fingerprint density at radius 3 is 0.910 bits per heavy atom. The van der Waals surface area contributed by atoms with Crippen molar-refractivity contribution in [3.05, 3.63) is 158 Å². The number of allylic oxidation sites excluding steroid dienone is 26. The van der Waals surface area contributed by atoms with Gasteiger partial charge in [0, 0.05) is 12.8 Å². The average Bonchev–Trinajstić information content (AvgIpc) is 3.64. The van der Waals surface area contributed by atoms with Crippen molar-refractivity contribution in [3.8, 4) is 0 Å². The topological polar surface area (TPSA) is 108 Å². The van der Waals surface area contributed by atoms with Gasteiger partial charge in [0.15, 0.2) is 6.10 Å². The SMILES string of the molecule is CC/C=C\C/C=C\C/C=C\C/C=C\C/C=C\C/C=C\C/C=C\C/C=C\C/C=C\CCCCCC(=O)OC(COC(=O)CCCCCCCCCCCCCCCCCCCCCC/C=C\C/C=C\C/C=C\C/C=C\CC)COC(OCC[N+](C)(C)C)C(=O)O. The molecule has 504 valence electrons. The molecule has 0 fully saturated rings. The van der Waals surface area contributed by atoms with E-state index in [2.05, 4.69) is 172 Å². The first-order chi connectivity index (χ1) is 43.6. The minimum Gasteiger partial charge on any atom is -0.477 e. The molecule has 0 aliphatic rings. The fourth-order valence-electron chi connectivity index (χ4n) is 9.41. The predicted molar refractivity (Wildman–Crippen MR) is 382 cm³/mol. The number of carbonyl (C=O) groups excluding carboxylic acids is 2. The first kappa shape index (κ1) is 83.9. The molecule has 0 amide bonds. The maximum absolute atomic E-state index is 12.9. The summed E-state index contributed by atoms with van der Waals surface area (Å²) in [5.41, 5.74) is 0. The van der Waals surface area contributed by atoms with Crippen LogP contribution >= 0.6 is 0 Å². The van der Waals surface area contributed by atoms with Gasteiger partial charge in [-0.25, -0.2) is 4.79 Å². The fourth-order valence-corrected chi connectivity index (χ4v) is 9.41. The highest BCUT2D eigenvalue weighted by Crippen LogP contribution is 2.17. The third kappa shape index (κ3) is 70.2. The van der Waals surface area contributed by atoms with Crippen LogP contribution in [0.25, 0.3) is 0 Å². The van der Waals surface area contributed by atoms with Crippen LogP contribution in [0, 0.1) is 0 Å². The van der Waals surface area contributed by atoms with Crippen molar-refractivity contribution in [1.82, 2.24) is 0 Å². The zero-order valence-electron chi connectivity index (χ0n) is 57.5. The lowest BCUT2D eigenvalue weighted by Crippen LogP contribution is -2.40. The number of hydrogen-bond acceptors (Lipinski definition) is 7. The van der Waals surface area contributed by atoms with E-state index in [9.17, 15) is 19.5 Å². The number of carboxylic acids is 1. The molecule has 0 rings (SSSR count). The summed E-state index contributed by atoms with van der Waals surface area (Å²) in [7, 11) is 5.96. The zero-order chi connectivity index (χ0) is 64.7. The lowest BCUT2D eigenvalue weighted by molar-refractivity contribution is -0.870. The van der Waals surface area contributed by atoms with E-state index in [1.54, 1.807) is 0 Å². The number of quaternary nitrogens is 1. The van der Waals surface area contributed by atoms with E-state index >= 15 is 0 Å². The molecule has 0 heterocycles. The third-order valence-electron chi connectivity index (χ3n) is 14.8. The van der Waals surface area contributed by atoms with Gasteiger partial charge in [-0.2, -0.15) is 0 Å². The smallest absolute Gasteiger partial charge is 0.361 e. The molecule has 0 aromatic rings. The minimum atomic E-state index is -1.53. The quantitative estimate of drug-likeness (QED) is 0.0211. The van der Waals surface area contributed by atoms with Crippen molar-refractivity contribution in [1.29, 1.82) is 0 Å². The maximum atomic E-state index is 12.9. The van der Waals surface area contributed by atoms with Crippen molar-refractivity contribution in [2.45, 2.75) is 283 Å². The number of carboxylic acid groups (broad SMARTS) is 1. The molecule has 9 heteroatoms. The Balaban J connectivity index is 4.19. The van der Waals surface area contributed by atoms with Crippen molar-refractivity contribution in [2.24, 2.45) is 0 Å². The number of hydrogen-bond donors (Lipinski definition) is 1. The van der Waals surface area contributed by atoms with Crippen LogP contribution in [0.5, 0.6) is 0 Å². The van der Waals surface area contributed by atoms with Gasteiger partial charge < -0.3 is 28.5 Å². The van der Waals surface area contributed by atoms with E-state index in [-0.39, 0.29) is 38.6 Å². The third-order valence-corrected chi connectivity index (χ3v) is 14.8. The summed E-state index contributed by atoms with van der Waals surface area (Å²) < 4.78 is 22.9. The van der Waals surface area contributed by atoms with Crippen LogP contribution < -0.4 is 0 Å². The molecular weight excluding hydrogens is 1100 g/mol. The molecule has 9 nitrogen and oxygen atoms in total. The lowest BCUT2D eigenvalue weighted by Gasteiger charge is -2.25. The molecule has 0 saturated heterocycles. The van der Waals surface area contributed by atoms with Crippen LogP contribution in [0.2, 0.25) is 0 Å². The summed E-state index contributed by atoms with van der Waals surface area (Å²) in [5.74, 6) is -2.06. The molecule has 2 unspecified atom stereocenters. The highest BCUT2D eigenvalue weighted by atomic mass is 16.7. The number of esters is 2. The Bertz CT molecular complexity index is 2020. The average molecular weight is 1240 g/mol. The van der Waals surface area contributed by atoms with E-state index in [1.165, 1.54) is 116 Å². The highest BCUT2D eigenvalue weighted by molar-refractivity contribution is 5.71. The second-order valence-electron chi connectivity index (χ2n) is 24.4. The molecule has 0 aromatic carbocycles. The van der Waals surface area contributed by atoms with E-state index < -0.39 is 24.3 Å². The summed E-state index contributed by atoms with van der Waals surface area (Å²) in [6.45, 7) is 4.61. The lowest BCUT2D eigenvalue weighted by atomic mass is 10.0. The number of likely N-dealkylation sites (N-methyl/N-ethyl adjacent to an activating group) is 1. The van der Waals surface area contributed by atoms with Crippen molar-refractivity contribution in [3.63, 3.8) is 0 Å². The van der Waals surface area contributed by atoms with Gasteiger partial charge in [0.2, 0.25) is 0 Å². The predicted octanol–water partition coefficient (Wildman–Crippen LogP) is 22.5. The first-order valence-electron chi connectivity index (χ1n) is 35.6. The van der Waals surface area contributed by atoms with Crippen molar-refractivity contribution >= 4 is 17.9 Å². The number of carbonyl (C=O) groups is 3. The number of nitrogens with zero attached hydrogens (tertiary/aromatic N) is 1. The van der Waals surface area contributed by atoms with Gasteiger partial charge in [0.1, 0.15) is 13.2 Å². The van der Waals surface area contributed by atoms with E-state index in [0.29, 0.717) is 17.4 Å². The molecule has 0 radical (unpaired) electrons. The molecule has 0 spiro atoms. The largest absolute Gasteiger partial charge is 0.477 e. The van der Waals surface area contributed by atoms with Gasteiger partial charge >= 0.3 is 17.9 Å². The Morgan fingerprint density at radius 1 is 0.337 bits per heavy atom. The van der Waals surface area contributed by atoms with Gasteiger partial charge in [-0.05, 0) is 122 Å². The monoisotopic (exact) mass is 1230 g/mol. The molecule has 1 N–H and O–H groups in total. The Labute approximate surface area is 546 Å². The van der Waals surface area contributed by atoms with Gasteiger partial charge in [-0.3, -0.25) is 9.59 Å². The number of rotatable bonds is 64.